The third kappa shape index (κ3) is 5.08. The smallest absolute Gasteiger partial charge is 0.224 e. The number of methoxy groups -OCH3 is 2. The lowest BCUT2D eigenvalue weighted by Gasteiger charge is -2.15. The quantitative estimate of drug-likeness (QED) is 0.515. The summed E-state index contributed by atoms with van der Waals surface area (Å²) in [6.07, 6.45) is -0.397. The van der Waals surface area contributed by atoms with E-state index in [1.807, 2.05) is 0 Å². The number of hydrogen-bond donors (Lipinski definition) is 1. The molecule has 0 fully saturated rings. The monoisotopic (exact) mass is 209 g/mol. The average Bonchev–Trinajstić information content (AvgIpc) is 2.17. The first-order valence-electron chi connectivity index (χ1n) is 4.05. The normalized spacial score (nSPS) is 13.0. The standard InChI is InChI=1S/C8H16ClNO3/c1-6(4-9)8(11)10-5-7(12-2)13-3/h6-7H,4-5H2,1-3H3,(H,10,11). The van der Waals surface area contributed by atoms with Gasteiger partial charge in [0, 0.05) is 26.0 Å². The van der Waals surface area contributed by atoms with Crippen LogP contribution >= 0.6 is 11.6 Å². The minimum atomic E-state index is -0.397. The number of halogens is 1. The summed E-state index contributed by atoms with van der Waals surface area (Å²) in [5, 5.41) is 2.66. The zero-order valence-electron chi connectivity index (χ0n) is 8.17. The van der Waals surface area contributed by atoms with Crippen LogP contribution in [0.5, 0.6) is 0 Å². The van der Waals surface area contributed by atoms with Crippen LogP contribution in [0.4, 0.5) is 0 Å². The van der Waals surface area contributed by atoms with Crippen LogP contribution in [-0.2, 0) is 14.3 Å². The van der Waals surface area contributed by atoms with E-state index in [1.54, 1.807) is 6.92 Å². The summed E-state index contributed by atoms with van der Waals surface area (Å²) in [5.41, 5.74) is 0. The molecule has 1 unspecified atom stereocenters. The van der Waals surface area contributed by atoms with Gasteiger partial charge in [0.1, 0.15) is 0 Å². The summed E-state index contributed by atoms with van der Waals surface area (Å²) in [7, 11) is 3.04. The molecule has 0 aliphatic rings. The lowest BCUT2D eigenvalue weighted by atomic mass is 10.2. The highest BCUT2D eigenvalue weighted by molar-refractivity contribution is 6.19. The fourth-order valence-electron chi connectivity index (χ4n) is 0.691. The SMILES string of the molecule is COC(CNC(=O)C(C)CCl)OC. The molecule has 0 rings (SSSR count). The van der Waals surface area contributed by atoms with E-state index < -0.39 is 6.29 Å². The zero-order chi connectivity index (χ0) is 10.3. The Morgan fingerprint density at radius 3 is 2.38 bits per heavy atom. The van der Waals surface area contributed by atoms with Crippen LogP contribution < -0.4 is 5.32 Å². The molecule has 0 aliphatic heterocycles. The van der Waals surface area contributed by atoms with Gasteiger partial charge in [0.15, 0.2) is 6.29 Å². The second-order valence-electron chi connectivity index (χ2n) is 2.70. The van der Waals surface area contributed by atoms with E-state index in [0.29, 0.717) is 12.4 Å². The number of hydrogen-bond acceptors (Lipinski definition) is 3. The fourth-order valence-corrected chi connectivity index (χ4v) is 0.831. The van der Waals surface area contributed by atoms with Crippen molar-refractivity contribution in [3.8, 4) is 0 Å². The van der Waals surface area contributed by atoms with Gasteiger partial charge in [-0.3, -0.25) is 4.79 Å². The summed E-state index contributed by atoms with van der Waals surface area (Å²) in [4.78, 5) is 11.2. The summed E-state index contributed by atoms with van der Waals surface area (Å²) < 4.78 is 9.79. The number of alkyl halides is 1. The molecule has 0 aliphatic carbocycles. The van der Waals surface area contributed by atoms with Gasteiger partial charge in [-0.1, -0.05) is 6.92 Å². The Morgan fingerprint density at radius 2 is 2.00 bits per heavy atom. The van der Waals surface area contributed by atoms with Crippen molar-refractivity contribution in [1.29, 1.82) is 0 Å². The van der Waals surface area contributed by atoms with E-state index in [1.165, 1.54) is 14.2 Å². The van der Waals surface area contributed by atoms with Gasteiger partial charge in [-0.2, -0.15) is 0 Å². The van der Waals surface area contributed by atoms with Gasteiger partial charge in [0.2, 0.25) is 5.91 Å². The number of ether oxygens (including phenoxy) is 2. The van der Waals surface area contributed by atoms with Gasteiger partial charge in [-0.15, -0.1) is 11.6 Å². The molecule has 4 nitrogen and oxygen atoms in total. The Kier molecular flexibility index (Phi) is 6.94. The van der Waals surface area contributed by atoms with Crippen LogP contribution in [-0.4, -0.2) is 38.8 Å². The molecule has 0 aromatic carbocycles. The van der Waals surface area contributed by atoms with Crippen molar-refractivity contribution < 1.29 is 14.3 Å². The van der Waals surface area contributed by atoms with E-state index in [9.17, 15) is 4.79 Å². The van der Waals surface area contributed by atoms with Crippen molar-refractivity contribution >= 4 is 17.5 Å². The van der Waals surface area contributed by atoms with Crippen molar-refractivity contribution in [3.05, 3.63) is 0 Å². The van der Waals surface area contributed by atoms with Crippen molar-refractivity contribution in [1.82, 2.24) is 5.32 Å². The molecule has 0 saturated carbocycles. The molecule has 13 heavy (non-hydrogen) atoms. The van der Waals surface area contributed by atoms with E-state index in [-0.39, 0.29) is 11.8 Å². The predicted molar refractivity (Wildman–Crippen MR) is 50.7 cm³/mol. The van der Waals surface area contributed by atoms with Crippen molar-refractivity contribution in [2.75, 3.05) is 26.6 Å². The topological polar surface area (TPSA) is 47.6 Å². The molecule has 0 bridgehead atoms. The van der Waals surface area contributed by atoms with Gasteiger partial charge in [0.05, 0.1) is 6.54 Å². The van der Waals surface area contributed by atoms with Gasteiger partial charge >= 0.3 is 0 Å². The molecular formula is C8H16ClNO3. The highest BCUT2D eigenvalue weighted by Crippen LogP contribution is 1.97. The maximum Gasteiger partial charge on any atom is 0.224 e. The van der Waals surface area contributed by atoms with Crippen LogP contribution in [0.2, 0.25) is 0 Å². The molecule has 1 N–H and O–H groups in total. The highest BCUT2D eigenvalue weighted by atomic mass is 35.5. The van der Waals surface area contributed by atoms with Gasteiger partial charge in [0.25, 0.3) is 0 Å². The summed E-state index contributed by atoms with van der Waals surface area (Å²) in [5.74, 6) is 0.0429. The number of amides is 1. The largest absolute Gasteiger partial charge is 0.354 e. The van der Waals surface area contributed by atoms with E-state index in [0.717, 1.165) is 0 Å². The van der Waals surface area contributed by atoms with Crippen molar-refractivity contribution in [2.24, 2.45) is 5.92 Å². The molecule has 0 saturated heterocycles. The zero-order valence-corrected chi connectivity index (χ0v) is 8.93. The third-order valence-electron chi connectivity index (χ3n) is 1.65. The second-order valence-corrected chi connectivity index (χ2v) is 3.01. The van der Waals surface area contributed by atoms with Crippen LogP contribution in [0, 0.1) is 5.92 Å². The van der Waals surface area contributed by atoms with Crippen molar-refractivity contribution in [3.63, 3.8) is 0 Å². The number of rotatable bonds is 6. The first-order valence-corrected chi connectivity index (χ1v) is 4.58. The molecule has 5 heteroatoms. The first-order chi connectivity index (χ1) is 6.15. The summed E-state index contributed by atoms with van der Waals surface area (Å²) >= 11 is 5.51. The maximum absolute atomic E-state index is 11.2. The van der Waals surface area contributed by atoms with E-state index in [2.05, 4.69) is 5.32 Å². The Hall–Kier alpha value is -0.320. The molecular weight excluding hydrogens is 194 g/mol. The number of carbonyl (C=O) groups is 1. The number of carbonyl (C=O) groups excluding carboxylic acids is 1. The molecule has 0 spiro atoms. The van der Waals surface area contributed by atoms with E-state index in [4.69, 9.17) is 21.1 Å². The Balaban J connectivity index is 3.68. The van der Waals surface area contributed by atoms with Gasteiger partial charge < -0.3 is 14.8 Å². The average molecular weight is 210 g/mol. The molecule has 1 atom stereocenters. The highest BCUT2D eigenvalue weighted by Gasteiger charge is 2.13. The molecule has 0 aromatic rings. The molecule has 78 valence electrons. The summed E-state index contributed by atoms with van der Waals surface area (Å²) in [6.45, 7) is 2.10. The molecule has 1 amide bonds. The lowest BCUT2D eigenvalue weighted by molar-refractivity contribution is -0.129. The Labute approximate surface area is 83.5 Å². The predicted octanol–water partition coefficient (Wildman–Crippen LogP) is 0.596. The van der Waals surface area contributed by atoms with Crippen LogP contribution in [0.15, 0.2) is 0 Å². The van der Waals surface area contributed by atoms with Gasteiger partial charge in [-0.25, -0.2) is 0 Å². The van der Waals surface area contributed by atoms with Gasteiger partial charge in [-0.05, 0) is 0 Å². The Morgan fingerprint density at radius 1 is 1.46 bits per heavy atom. The molecule has 0 aromatic heterocycles. The molecule has 0 heterocycles. The van der Waals surface area contributed by atoms with E-state index >= 15 is 0 Å². The molecule has 0 radical (unpaired) electrons. The third-order valence-corrected chi connectivity index (χ3v) is 2.11. The Bertz CT molecular complexity index is 150. The van der Waals surface area contributed by atoms with Crippen LogP contribution in [0.1, 0.15) is 6.92 Å². The maximum atomic E-state index is 11.2. The van der Waals surface area contributed by atoms with Crippen LogP contribution in [0.3, 0.4) is 0 Å². The fraction of sp³-hybridized carbons (Fsp3) is 0.875. The number of nitrogens with one attached hydrogen (secondary N) is 1. The lowest BCUT2D eigenvalue weighted by Crippen LogP contribution is -2.37. The minimum Gasteiger partial charge on any atom is -0.354 e. The first kappa shape index (κ1) is 12.7. The second kappa shape index (κ2) is 7.12. The summed E-state index contributed by atoms with van der Waals surface area (Å²) in [6, 6.07) is 0. The van der Waals surface area contributed by atoms with Crippen LogP contribution in [0.25, 0.3) is 0 Å². The minimum absolute atomic E-state index is 0.0888. The van der Waals surface area contributed by atoms with Crippen molar-refractivity contribution in [2.45, 2.75) is 13.2 Å².